The molecule has 0 bridgehead atoms. The highest BCUT2D eigenvalue weighted by Crippen LogP contribution is 2.19. The molecule has 0 unspecified atom stereocenters. The number of carbonyl (C=O) groups excluding carboxylic acids is 1. The minimum atomic E-state index is -0.758. The third-order valence-electron chi connectivity index (χ3n) is 3.91. The molecule has 2 aromatic rings. The van der Waals surface area contributed by atoms with Crippen molar-refractivity contribution in [2.75, 3.05) is 6.54 Å². The normalized spacial score (nSPS) is 10.8. The minimum Gasteiger partial charge on any atom is -0.481 e. The maximum absolute atomic E-state index is 11.8. The van der Waals surface area contributed by atoms with E-state index in [9.17, 15) is 9.59 Å². The number of aromatic nitrogens is 1. The first-order chi connectivity index (χ1) is 11.2. The number of aryl methyl sites for hydroxylation is 1. The molecule has 0 aliphatic heterocycles. The van der Waals surface area contributed by atoms with Gasteiger partial charge in [0.2, 0.25) is 5.91 Å². The number of amides is 1. The van der Waals surface area contributed by atoms with Gasteiger partial charge in [-0.05, 0) is 37.3 Å². The van der Waals surface area contributed by atoms with E-state index in [0.29, 0.717) is 19.4 Å². The van der Waals surface area contributed by atoms with Crippen LogP contribution in [-0.2, 0) is 16.0 Å². The van der Waals surface area contributed by atoms with Crippen molar-refractivity contribution < 1.29 is 14.7 Å². The average molecular weight is 316 g/mol. The van der Waals surface area contributed by atoms with Gasteiger partial charge in [-0.1, -0.05) is 24.6 Å². The summed E-state index contributed by atoms with van der Waals surface area (Å²) in [6, 6.07) is 8.18. The van der Waals surface area contributed by atoms with Gasteiger partial charge < -0.3 is 15.4 Å². The van der Waals surface area contributed by atoms with Crippen LogP contribution in [-0.4, -0.2) is 28.5 Å². The molecule has 0 spiro atoms. The van der Waals surface area contributed by atoms with Crippen molar-refractivity contribution in [1.29, 1.82) is 0 Å². The Balaban J connectivity index is 1.59. The van der Waals surface area contributed by atoms with Gasteiger partial charge in [-0.25, -0.2) is 0 Å². The molecule has 0 radical (unpaired) electrons. The number of carboxylic acids is 1. The number of H-pyrrole nitrogens is 1. The zero-order valence-electron chi connectivity index (χ0n) is 13.3. The smallest absolute Gasteiger partial charge is 0.303 e. The molecule has 0 aliphatic carbocycles. The van der Waals surface area contributed by atoms with Gasteiger partial charge in [-0.15, -0.1) is 0 Å². The lowest BCUT2D eigenvalue weighted by Gasteiger charge is -2.05. The number of carboxylic acid groups (broad SMARTS) is 1. The molecule has 0 saturated carbocycles. The van der Waals surface area contributed by atoms with Gasteiger partial charge in [-0.2, -0.15) is 0 Å². The van der Waals surface area contributed by atoms with Crippen LogP contribution >= 0.6 is 0 Å². The molecular formula is C18H24N2O3. The fourth-order valence-electron chi connectivity index (χ4n) is 2.67. The molecule has 0 saturated heterocycles. The second-order valence-electron chi connectivity index (χ2n) is 5.77. The summed E-state index contributed by atoms with van der Waals surface area (Å²) in [6.07, 6.45) is 6.80. The Labute approximate surface area is 136 Å². The number of benzene rings is 1. The second-order valence-corrected chi connectivity index (χ2v) is 5.77. The fourth-order valence-corrected chi connectivity index (χ4v) is 2.67. The summed E-state index contributed by atoms with van der Waals surface area (Å²) in [5, 5.41) is 12.6. The predicted octanol–water partition coefficient (Wildman–Crippen LogP) is 3.25. The molecule has 23 heavy (non-hydrogen) atoms. The number of fused-ring (bicyclic) bond motifs is 1. The van der Waals surface area contributed by atoms with Crippen molar-refractivity contribution >= 4 is 22.8 Å². The Morgan fingerprint density at radius 3 is 2.70 bits per heavy atom. The monoisotopic (exact) mass is 316 g/mol. The van der Waals surface area contributed by atoms with Crippen LogP contribution in [0.25, 0.3) is 10.9 Å². The van der Waals surface area contributed by atoms with Crippen LogP contribution in [0.1, 0.15) is 44.1 Å². The maximum Gasteiger partial charge on any atom is 0.303 e. The highest BCUT2D eigenvalue weighted by Gasteiger charge is 2.05. The molecule has 0 aliphatic rings. The zero-order valence-corrected chi connectivity index (χ0v) is 13.3. The SMILES string of the molecule is O=C(O)CCCCCNC(=O)CCCc1c[nH]c2ccccc12. The lowest BCUT2D eigenvalue weighted by molar-refractivity contribution is -0.137. The molecule has 1 aromatic carbocycles. The summed E-state index contributed by atoms with van der Waals surface area (Å²) < 4.78 is 0. The molecule has 1 aromatic heterocycles. The Hall–Kier alpha value is -2.30. The second kappa shape index (κ2) is 8.98. The van der Waals surface area contributed by atoms with E-state index in [1.165, 1.54) is 10.9 Å². The molecule has 0 atom stereocenters. The number of nitrogens with one attached hydrogen (secondary N) is 2. The molecule has 2 rings (SSSR count). The molecule has 1 amide bonds. The van der Waals surface area contributed by atoms with E-state index >= 15 is 0 Å². The van der Waals surface area contributed by atoms with Crippen LogP contribution in [0.3, 0.4) is 0 Å². The number of rotatable bonds is 10. The van der Waals surface area contributed by atoms with Crippen LogP contribution in [0.2, 0.25) is 0 Å². The van der Waals surface area contributed by atoms with Crippen LogP contribution in [0, 0.1) is 0 Å². The predicted molar refractivity (Wildman–Crippen MR) is 90.4 cm³/mol. The number of para-hydroxylation sites is 1. The maximum atomic E-state index is 11.8. The van der Waals surface area contributed by atoms with Crippen molar-refractivity contribution in [2.45, 2.75) is 44.9 Å². The van der Waals surface area contributed by atoms with E-state index in [4.69, 9.17) is 5.11 Å². The number of aromatic amines is 1. The molecule has 3 N–H and O–H groups in total. The van der Waals surface area contributed by atoms with Gasteiger partial charge in [-0.3, -0.25) is 9.59 Å². The van der Waals surface area contributed by atoms with E-state index < -0.39 is 5.97 Å². The van der Waals surface area contributed by atoms with Crippen LogP contribution in [0.15, 0.2) is 30.5 Å². The van der Waals surface area contributed by atoms with Crippen LogP contribution in [0.5, 0.6) is 0 Å². The molecule has 5 heteroatoms. The first-order valence-electron chi connectivity index (χ1n) is 8.20. The molecule has 124 valence electrons. The number of unbranched alkanes of at least 4 members (excludes halogenated alkanes) is 2. The van der Waals surface area contributed by atoms with Gasteiger partial charge >= 0.3 is 5.97 Å². The first-order valence-corrected chi connectivity index (χ1v) is 8.20. The lowest BCUT2D eigenvalue weighted by atomic mass is 10.1. The molecular weight excluding hydrogens is 292 g/mol. The van der Waals surface area contributed by atoms with E-state index in [-0.39, 0.29) is 12.3 Å². The van der Waals surface area contributed by atoms with Crippen molar-refractivity contribution in [1.82, 2.24) is 10.3 Å². The Kier molecular flexibility index (Phi) is 6.66. The topological polar surface area (TPSA) is 82.2 Å². The lowest BCUT2D eigenvalue weighted by Crippen LogP contribution is -2.24. The number of hydrogen-bond acceptors (Lipinski definition) is 2. The summed E-state index contributed by atoms with van der Waals surface area (Å²) in [4.78, 5) is 25.4. The van der Waals surface area contributed by atoms with Gasteiger partial charge in [0.15, 0.2) is 0 Å². The largest absolute Gasteiger partial charge is 0.481 e. The van der Waals surface area contributed by atoms with Crippen molar-refractivity contribution in [2.24, 2.45) is 0 Å². The number of aliphatic carboxylic acids is 1. The first kappa shape index (κ1) is 17.1. The summed E-state index contributed by atoms with van der Waals surface area (Å²) >= 11 is 0. The summed E-state index contributed by atoms with van der Waals surface area (Å²) in [5.74, 6) is -0.686. The van der Waals surface area contributed by atoms with Gasteiger partial charge in [0.05, 0.1) is 0 Å². The summed E-state index contributed by atoms with van der Waals surface area (Å²) in [6.45, 7) is 0.630. The van der Waals surface area contributed by atoms with E-state index in [2.05, 4.69) is 22.4 Å². The Morgan fingerprint density at radius 1 is 1.04 bits per heavy atom. The van der Waals surface area contributed by atoms with Crippen molar-refractivity contribution in [3.05, 3.63) is 36.0 Å². The number of hydrogen-bond donors (Lipinski definition) is 3. The van der Waals surface area contributed by atoms with Crippen molar-refractivity contribution in [3.63, 3.8) is 0 Å². The number of carbonyl (C=O) groups is 2. The standard InChI is InChI=1S/C18H24N2O3/c21-17(19-12-5-1-2-11-18(22)23)10-6-7-14-13-20-16-9-4-3-8-15(14)16/h3-4,8-9,13,20H,1-2,5-7,10-12H2,(H,19,21)(H,22,23). The third-order valence-corrected chi connectivity index (χ3v) is 3.91. The molecule has 5 nitrogen and oxygen atoms in total. The van der Waals surface area contributed by atoms with Crippen LogP contribution < -0.4 is 5.32 Å². The fraction of sp³-hybridized carbons (Fsp3) is 0.444. The van der Waals surface area contributed by atoms with E-state index in [1.54, 1.807) is 0 Å². The van der Waals surface area contributed by atoms with Gasteiger partial charge in [0.25, 0.3) is 0 Å². The minimum absolute atomic E-state index is 0.0723. The third kappa shape index (κ3) is 5.77. The Bertz CT molecular complexity index is 649. The molecule has 1 heterocycles. The summed E-state index contributed by atoms with van der Waals surface area (Å²) in [7, 11) is 0. The van der Waals surface area contributed by atoms with Crippen molar-refractivity contribution in [3.8, 4) is 0 Å². The van der Waals surface area contributed by atoms with Crippen LogP contribution in [0.4, 0.5) is 0 Å². The van der Waals surface area contributed by atoms with Gasteiger partial charge in [0.1, 0.15) is 0 Å². The zero-order chi connectivity index (χ0) is 16.5. The van der Waals surface area contributed by atoms with Gasteiger partial charge in [0, 0.05) is 36.5 Å². The highest BCUT2D eigenvalue weighted by atomic mass is 16.4. The summed E-state index contributed by atoms with van der Waals surface area (Å²) in [5.41, 5.74) is 2.38. The average Bonchev–Trinajstić information content (AvgIpc) is 2.94. The quantitative estimate of drug-likeness (QED) is 0.588. The molecule has 0 fully saturated rings. The van der Waals surface area contributed by atoms with E-state index in [0.717, 1.165) is 31.2 Å². The van der Waals surface area contributed by atoms with E-state index in [1.807, 2.05) is 18.3 Å². The highest BCUT2D eigenvalue weighted by molar-refractivity contribution is 5.83. The Morgan fingerprint density at radius 2 is 1.87 bits per heavy atom.